The van der Waals surface area contributed by atoms with Crippen LogP contribution in [0.3, 0.4) is 0 Å². The second-order valence-corrected chi connectivity index (χ2v) is 7.02. The van der Waals surface area contributed by atoms with Gasteiger partial charge in [-0.1, -0.05) is 30.0 Å². The van der Waals surface area contributed by atoms with Gasteiger partial charge in [-0.05, 0) is 18.1 Å². The highest BCUT2D eigenvalue weighted by molar-refractivity contribution is 7.99. The number of fused-ring (bicyclic) bond motifs is 1. The molecular formula is C18H20N4O2S. The average Bonchev–Trinajstić information content (AvgIpc) is 3.11. The summed E-state index contributed by atoms with van der Waals surface area (Å²) in [5.74, 6) is 1.41. The predicted molar refractivity (Wildman–Crippen MR) is 98.3 cm³/mol. The SMILES string of the molecule is O=C(CSc1cc(N2CCOCC2)ncn1)N1CCc2ccccc21. The zero-order valence-electron chi connectivity index (χ0n) is 13.9. The number of carbonyl (C=O) groups is 1. The molecule has 3 heterocycles. The molecule has 6 nitrogen and oxygen atoms in total. The Bertz CT molecular complexity index is 764. The van der Waals surface area contributed by atoms with Crippen molar-refractivity contribution in [1.29, 1.82) is 0 Å². The van der Waals surface area contributed by atoms with Crippen molar-refractivity contribution in [2.75, 3.05) is 48.4 Å². The van der Waals surface area contributed by atoms with Gasteiger partial charge in [-0.15, -0.1) is 0 Å². The molecule has 2 aliphatic rings. The molecule has 130 valence electrons. The second-order valence-electron chi connectivity index (χ2n) is 6.03. The van der Waals surface area contributed by atoms with Crippen molar-refractivity contribution in [2.45, 2.75) is 11.4 Å². The van der Waals surface area contributed by atoms with E-state index in [9.17, 15) is 4.79 Å². The van der Waals surface area contributed by atoms with Crippen molar-refractivity contribution in [1.82, 2.24) is 9.97 Å². The van der Waals surface area contributed by atoms with Crippen molar-refractivity contribution in [3.05, 3.63) is 42.2 Å². The molecule has 0 bridgehead atoms. The number of nitrogens with zero attached hydrogens (tertiary/aromatic N) is 4. The highest BCUT2D eigenvalue weighted by Crippen LogP contribution is 2.29. The molecule has 25 heavy (non-hydrogen) atoms. The highest BCUT2D eigenvalue weighted by Gasteiger charge is 2.24. The second kappa shape index (κ2) is 7.41. The topological polar surface area (TPSA) is 58.6 Å². The third-order valence-corrected chi connectivity index (χ3v) is 5.40. The largest absolute Gasteiger partial charge is 0.378 e. The number of anilines is 2. The van der Waals surface area contributed by atoms with Crippen LogP contribution >= 0.6 is 11.8 Å². The predicted octanol–water partition coefficient (Wildman–Crippen LogP) is 1.99. The van der Waals surface area contributed by atoms with Crippen LogP contribution in [0.4, 0.5) is 11.5 Å². The third kappa shape index (κ3) is 3.62. The third-order valence-electron chi connectivity index (χ3n) is 4.49. The lowest BCUT2D eigenvalue weighted by Gasteiger charge is -2.27. The van der Waals surface area contributed by atoms with Gasteiger partial charge in [0.25, 0.3) is 0 Å². The van der Waals surface area contributed by atoms with E-state index in [1.807, 2.05) is 29.2 Å². The molecule has 1 saturated heterocycles. The highest BCUT2D eigenvalue weighted by atomic mass is 32.2. The zero-order chi connectivity index (χ0) is 17.1. The molecule has 0 saturated carbocycles. The smallest absolute Gasteiger partial charge is 0.237 e. The van der Waals surface area contributed by atoms with E-state index in [-0.39, 0.29) is 5.91 Å². The van der Waals surface area contributed by atoms with Gasteiger partial charge in [0.05, 0.1) is 19.0 Å². The van der Waals surface area contributed by atoms with Gasteiger partial charge in [-0.25, -0.2) is 9.97 Å². The van der Waals surface area contributed by atoms with Gasteiger partial charge in [0, 0.05) is 31.4 Å². The molecule has 2 aromatic rings. The Morgan fingerprint density at radius 3 is 2.88 bits per heavy atom. The molecule has 0 N–H and O–H groups in total. The van der Waals surface area contributed by atoms with Crippen LogP contribution in [-0.2, 0) is 16.0 Å². The van der Waals surface area contributed by atoms with E-state index < -0.39 is 0 Å². The summed E-state index contributed by atoms with van der Waals surface area (Å²) < 4.78 is 5.38. The maximum absolute atomic E-state index is 12.6. The number of ether oxygens (including phenoxy) is 1. The maximum Gasteiger partial charge on any atom is 0.237 e. The van der Waals surface area contributed by atoms with E-state index in [0.717, 1.165) is 55.8 Å². The van der Waals surface area contributed by atoms with E-state index in [2.05, 4.69) is 20.9 Å². The molecule has 1 amide bonds. The Labute approximate surface area is 151 Å². The number of thioether (sulfide) groups is 1. The number of rotatable bonds is 4. The summed E-state index contributed by atoms with van der Waals surface area (Å²) in [6.45, 7) is 3.88. The van der Waals surface area contributed by atoms with Gasteiger partial charge < -0.3 is 14.5 Å². The Morgan fingerprint density at radius 2 is 2.00 bits per heavy atom. The van der Waals surface area contributed by atoms with Crippen LogP contribution in [0.5, 0.6) is 0 Å². The molecule has 0 spiro atoms. The van der Waals surface area contributed by atoms with Crippen molar-refractivity contribution >= 4 is 29.2 Å². The van der Waals surface area contributed by atoms with Gasteiger partial charge in [0.15, 0.2) is 0 Å². The number of morpholine rings is 1. The van der Waals surface area contributed by atoms with Crippen LogP contribution in [-0.4, -0.2) is 54.5 Å². The van der Waals surface area contributed by atoms with Crippen molar-refractivity contribution < 1.29 is 9.53 Å². The summed E-state index contributed by atoms with van der Waals surface area (Å²) in [6, 6.07) is 10.1. The van der Waals surface area contributed by atoms with Crippen LogP contribution in [0.1, 0.15) is 5.56 Å². The molecule has 0 unspecified atom stereocenters. The molecule has 1 fully saturated rings. The number of carbonyl (C=O) groups excluding carboxylic acids is 1. The van der Waals surface area contributed by atoms with E-state index in [4.69, 9.17) is 4.74 Å². The quantitative estimate of drug-likeness (QED) is 0.617. The molecule has 0 radical (unpaired) electrons. The first kappa shape index (κ1) is 16.4. The molecule has 0 atom stereocenters. The fourth-order valence-corrected chi connectivity index (χ4v) is 3.92. The van der Waals surface area contributed by atoms with Gasteiger partial charge >= 0.3 is 0 Å². The normalized spacial score (nSPS) is 16.8. The van der Waals surface area contributed by atoms with Gasteiger partial charge in [-0.2, -0.15) is 0 Å². The minimum absolute atomic E-state index is 0.126. The van der Waals surface area contributed by atoms with E-state index >= 15 is 0 Å². The monoisotopic (exact) mass is 356 g/mol. The van der Waals surface area contributed by atoms with E-state index in [0.29, 0.717) is 5.75 Å². The first-order valence-electron chi connectivity index (χ1n) is 8.47. The summed E-state index contributed by atoms with van der Waals surface area (Å²) in [6.07, 6.45) is 2.50. The van der Waals surface area contributed by atoms with Gasteiger partial charge in [0.1, 0.15) is 17.2 Å². The molecule has 0 aliphatic carbocycles. The summed E-state index contributed by atoms with van der Waals surface area (Å²) in [4.78, 5) is 25.3. The van der Waals surface area contributed by atoms with E-state index in [1.165, 1.54) is 17.3 Å². The van der Waals surface area contributed by atoms with Crippen molar-refractivity contribution in [3.8, 4) is 0 Å². The lowest BCUT2D eigenvalue weighted by Crippen LogP contribution is -2.36. The number of hydrogen-bond donors (Lipinski definition) is 0. The number of amides is 1. The lowest BCUT2D eigenvalue weighted by molar-refractivity contribution is -0.116. The zero-order valence-corrected chi connectivity index (χ0v) is 14.7. The summed E-state index contributed by atoms with van der Waals surface area (Å²) in [5, 5.41) is 0.831. The fraction of sp³-hybridized carbons (Fsp3) is 0.389. The lowest BCUT2D eigenvalue weighted by atomic mass is 10.2. The van der Waals surface area contributed by atoms with Crippen molar-refractivity contribution in [2.24, 2.45) is 0 Å². The number of benzene rings is 1. The Balaban J connectivity index is 1.39. The number of aromatic nitrogens is 2. The molecule has 4 rings (SSSR count). The van der Waals surface area contributed by atoms with Crippen molar-refractivity contribution in [3.63, 3.8) is 0 Å². The number of para-hydroxylation sites is 1. The Morgan fingerprint density at radius 1 is 1.16 bits per heavy atom. The van der Waals surface area contributed by atoms with Crippen LogP contribution in [0.15, 0.2) is 41.7 Å². The van der Waals surface area contributed by atoms with Crippen LogP contribution < -0.4 is 9.80 Å². The van der Waals surface area contributed by atoms with Crippen LogP contribution in [0, 0.1) is 0 Å². The van der Waals surface area contributed by atoms with E-state index in [1.54, 1.807) is 6.33 Å². The molecule has 2 aliphatic heterocycles. The average molecular weight is 356 g/mol. The Kier molecular flexibility index (Phi) is 4.85. The fourth-order valence-electron chi connectivity index (χ4n) is 3.19. The minimum atomic E-state index is 0.126. The standard InChI is InChI=1S/C18H20N4O2S/c23-18(22-6-5-14-3-1-2-4-15(14)22)12-25-17-11-16(19-13-20-17)21-7-9-24-10-8-21/h1-4,11,13H,5-10,12H2. The molecule has 1 aromatic heterocycles. The first-order chi connectivity index (χ1) is 12.3. The first-order valence-corrected chi connectivity index (χ1v) is 9.45. The van der Waals surface area contributed by atoms with Gasteiger partial charge in [0.2, 0.25) is 5.91 Å². The maximum atomic E-state index is 12.6. The van der Waals surface area contributed by atoms with Gasteiger partial charge in [-0.3, -0.25) is 4.79 Å². The molecular weight excluding hydrogens is 336 g/mol. The molecule has 1 aromatic carbocycles. The Hall–Kier alpha value is -2.12. The van der Waals surface area contributed by atoms with Crippen LogP contribution in [0.2, 0.25) is 0 Å². The minimum Gasteiger partial charge on any atom is -0.378 e. The summed E-state index contributed by atoms with van der Waals surface area (Å²) in [5.41, 5.74) is 2.29. The number of hydrogen-bond acceptors (Lipinski definition) is 6. The van der Waals surface area contributed by atoms with Crippen LogP contribution in [0.25, 0.3) is 0 Å². The summed E-state index contributed by atoms with van der Waals surface area (Å²) in [7, 11) is 0. The summed E-state index contributed by atoms with van der Waals surface area (Å²) >= 11 is 1.47. The molecule has 7 heteroatoms.